The van der Waals surface area contributed by atoms with Gasteiger partial charge in [-0.15, -0.1) is 11.3 Å². The van der Waals surface area contributed by atoms with Crippen molar-refractivity contribution in [3.8, 4) is 0 Å². The molecule has 0 saturated heterocycles. The van der Waals surface area contributed by atoms with Crippen LogP contribution < -0.4 is 4.72 Å². The van der Waals surface area contributed by atoms with Crippen LogP contribution in [0.1, 0.15) is 17.4 Å². The van der Waals surface area contributed by atoms with Gasteiger partial charge in [0.15, 0.2) is 9.90 Å². The zero-order valence-corrected chi connectivity index (χ0v) is 11.8. The van der Waals surface area contributed by atoms with E-state index in [1.54, 1.807) is 6.92 Å². The lowest BCUT2D eigenvalue weighted by atomic mass is 10.4. The maximum absolute atomic E-state index is 12.0. The highest BCUT2D eigenvalue weighted by molar-refractivity contribution is 7.91. The Morgan fingerprint density at radius 1 is 1.56 bits per heavy atom. The van der Waals surface area contributed by atoms with Gasteiger partial charge in [0.25, 0.3) is 10.0 Å². The molecule has 0 aromatic carbocycles. The summed E-state index contributed by atoms with van der Waals surface area (Å²) in [4.78, 5) is 15.0. The number of carbonyl (C=O) groups is 1. The quantitative estimate of drug-likeness (QED) is 0.755. The predicted octanol–water partition coefficient (Wildman–Crippen LogP) is 0.243. The topological polar surface area (TPSA) is 94.6 Å². The molecular formula is C9H14N2O5S2. The molecule has 1 rings (SSSR count). The molecule has 0 aliphatic carbocycles. The highest BCUT2D eigenvalue weighted by Crippen LogP contribution is 2.20. The van der Waals surface area contributed by atoms with E-state index in [1.165, 1.54) is 19.7 Å². The fraction of sp³-hybridized carbons (Fsp3) is 0.556. The summed E-state index contributed by atoms with van der Waals surface area (Å²) in [5, 5.41) is 0. The van der Waals surface area contributed by atoms with Crippen LogP contribution in [0.4, 0.5) is 0 Å². The van der Waals surface area contributed by atoms with E-state index in [-0.39, 0.29) is 22.6 Å². The minimum Gasteiger partial charge on any atom is -0.464 e. The number of carbonyl (C=O) groups excluding carboxylic acids is 1. The number of hydrogen-bond donors (Lipinski definition) is 1. The van der Waals surface area contributed by atoms with Gasteiger partial charge >= 0.3 is 5.97 Å². The predicted molar refractivity (Wildman–Crippen MR) is 65.1 cm³/mol. The SMILES string of the molecule is COC(=O)c1ncsc1S(=O)(=O)NCC(C)OC. The van der Waals surface area contributed by atoms with Crippen molar-refractivity contribution in [1.29, 1.82) is 0 Å². The van der Waals surface area contributed by atoms with Crippen LogP contribution in [0.2, 0.25) is 0 Å². The molecule has 0 bridgehead atoms. The molecule has 0 fully saturated rings. The zero-order valence-electron chi connectivity index (χ0n) is 10.2. The van der Waals surface area contributed by atoms with Crippen LogP contribution in [0.25, 0.3) is 0 Å². The van der Waals surface area contributed by atoms with E-state index in [9.17, 15) is 13.2 Å². The van der Waals surface area contributed by atoms with Crippen LogP contribution >= 0.6 is 11.3 Å². The van der Waals surface area contributed by atoms with Crippen LogP contribution in [0, 0.1) is 0 Å². The Kier molecular flexibility index (Phi) is 5.20. The molecule has 0 spiro atoms. The molecular weight excluding hydrogens is 280 g/mol. The molecule has 0 aliphatic rings. The lowest BCUT2D eigenvalue weighted by Crippen LogP contribution is -2.32. The molecule has 0 saturated carbocycles. The maximum Gasteiger partial charge on any atom is 0.358 e. The molecule has 1 aromatic heterocycles. The van der Waals surface area contributed by atoms with Crippen molar-refractivity contribution in [2.45, 2.75) is 17.2 Å². The number of aromatic nitrogens is 1. The Hall–Kier alpha value is -1.03. The van der Waals surface area contributed by atoms with E-state index >= 15 is 0 Å². The standard InChI is InChI=1S/C9H14N2O5S2/c1-6(15-2)4-11-18(13,14)9-7(8(12)16-3)10-5-17-9/h5-6,11H,4H2,1-3H3. The number of rotatable bonds is 6. The van der Waals surface area contributed by atoms with Gasteiger partial charge < -0.3 is 9.47 Å². The molecule has 1 aromatic rings. The molecule has 0 aliphatic heterocycles. The summed E-state index contributed by atoms with van der Waals surface area (Å²) >= 11 is 0.856. The molecule has 0 amide bonds. The van der Waals surface area contributed by atoms with Gasteiger partial charge in [-0.1, -0.05) is 0 Å². The Bertz CT molecular complexity index is 511. The fourth-order valence-electron chi connectivity index (χ4n) is 1.03. The average Bonchev–Trinajstić information content (AvgIpc) is 2.85. The van der Waals surface area contributed by atoms with E-state index in [0.29, 0.717) is 0 Å². The number of esters is 1. The molecule has 9 heteroatoms. The van der Waals surface area contributed by atoms with E-state index in [1.807, 2.05) is 0 Å². The molecule has 102 valence electrons. The van der Waals surface area contributed by atoms with Crippen molar-refractivity contribution in [3.05, 3.63) is 11.2 Å². The number of ether oxygens (including phenoxy) is 2. The molecule has 1 atom stereocenters. The van der Waals surface area contributed by atoms with Gasteiger partial charge in [-0.3, -0.25) is 0 Å². The molecule has 7 nitrogen and oxygen atoms in total. The van der Waals surface area contributed by atoms with Crippen molar-refractivity contribution in [2.75, 3.05) is 20.8 Å². The summed E-state index contributed by atoms with van der Waals surface area (Å²) in [6, 6.07) is 0. The van der Waals surface area contributed by atoms with Crippen molar-refractivity contribution < 1.29 is 22.7 Å². The first-order valence-electron chi connectivity index (χ1n) is 4.96. The smallest absolute Gasteiger partial charge is 0.358 e. The van der Waals surface area contributed by atoms with Crippen LogP contribution in [0.15, 0.2) is 9.72 Å². The minimum atomic E-state index is -3.78. The van der Waals surface area contributed by atoms with Gasteiger partial charge in [0.05, 0.1) is 18.7 Å². The van der Waals surface area contributed by atoms with Crippen molar-refractivity contribution >= 4 is 27.3 Å². The fourth-order valence-corrected chi connectivity index (χ4v) is 3.32. The Labute approximate surface area is 109 Å². The molecule has 1 unspecified atom stereocenters. The molecule has 1 N–H and O–H groups in total. The molecule has 0 radical (unpaired) electrons. The summed E-state index contributed by atoms with van der Waals surface area (Å²) in [6.07, 6.45) is -0.269. The summed E-state index contributed by atoms with van der Waals surface area (Å²) in [6.45, 7) is 1.83. The number of nitrogens with zero attached hydrogens (tertiary/aromatic N) is 1. The van der Waals surface area contributed by atoms with Crippen molar-refractivity contribution in [1.82, 2.24) is 9.71 Å². The zero-order chi connectivity index (χ0) is 13.8. The van der Waals surface area contributed by atoms with Gasteiger partial charge in [-0.2, -0.15) is 0 Å². The van der Waals surface area contributed by atoms with Gasteiger partial charge in [0, 0.05) is 13.7 Å². The lowest BCUT2D eigenvalue weighted by Gasteiger charge is -2.10. The first-order chi connectivity index (χ1) is 8.42. The van der Waals surface area contributed by atoms with E-state index in [4.69, 9.17) is 4.74 Å². The molecule has 18 heavy (non-hydrogen) atoms. The van der Waals surface area contributed by atoms with Crippen LogP contribution in [0.5, 0.6) is 0 Å². The van der Waals surface area contributed by atoms with Gasteiger partial charge in [0.2, 0.25) is 0 Å². The van der Waals surface area contributed by atoms with Crippen molar-refractivity contribution in [2.24, 2.45) is 0 Å². The maximum atomic E-state index is 12.0. The summed E-state index contributed by atoms with van der Waals surface area (Å²) in [7, 11) is -1.14. The second-order valence-corrected chi connectivity index (χ2v) is 6.20. The number of sulfonamides is 1. The van der Waals surface area contributed by atoms with E-state index in [0.717, 1.165) is 11.3 Å². The van der Waals surface area contributed by atoms with Crippen LogP contribution in [-0.2, 0) is 19.5 Å². The number of methoxy groups -OCH3 is 2. The minimum absolute atomic E-state index is 0.108. The van der Waals surface area contributed by atoms with Gasteiger partial charge in [0.1, 0.15) is 0 Å². The number of thiazole rings is 1. The largest absolute Gasteiger partial charge is 0.464 e. The van der Waals surface area contributed by atoms with Crippen LogP contribution in [-0.4, -0.2) is 46.2 Å². The average molecular weight is 294 g/mol. The third-order valence-electron chi connectivity index (χ3n) is 2.12. The van der Waals surface area contributed by atoms with E-state index < -0.39 is 16.0 Å². The first-order valence-corrected chi connectivity index (χ1v) is 7.33. The molecule has 1 heterocycles. The Balaban J connectivity index is 2.92. The second kappa shape index (κ2) is 6.23. The summed E-state index contributed by atoms with van der Waals surface area (Å²) in [5.41, 5.74) is 1.07. The normalized spacial score (nSPS) is 13.3. The summed E-state index contributed by atoms with van der Waals surface area (Å²) in [5.74, 6) is -0.781. The van der Waals surface area contributed by atoms with Gasteiger partial charge in [-0.05, 0) is 6.92 Å². The number of nitrogens with one attached hydrogen (secondary N) is 1. The highest BCUT2D eigenvalue weighted by atomic mass is 32.2. The second-order valence-electron chi connectivity index (χ2n) is 3.38. The van der Waals surface area contributed by atoms with Crippen LogP contribution in [0.3, 0.4) is 0 Å². The Morgan fingerprint density at radius 3 is 2.78 bits per heavy atom. The highest BCUT2D eigenvalue weighted by Gasteiger charge is 2.26. The van der Waals surface area contributed by atoms with Crippen molar-refractivity contribution in [3.63, 3.8) is 0 Å². The monoisotopic (exact) mass is 294 g/mol. The first kappa shape index (κ1) is 15.0. The van der Waals surface area contributed by atoms with Gasteiger partial charge in [-0.25, -0.2) is 22.9 Å². The number of hydrogen-bond acceptors (Lipinski definition) is 7. The van der Waals surface area contributed by atoms with E-state index in [2.05, 4.69) is 14.4 Å². The lowest BCUT2D eigenvalue weighted by molar-refractivity contribution is 0.0590. The summed E-state index contributed by atoms with van der Waals surface area (Å²) < 4.78 is 35.5. The third kappa shape index (κ3) is 3.48. The Morgan fingerprint density at radius 2 is 2.22 bits per heavy atom. The third-order valence-corrected chi connectivity index (χ3v) is 4.91.